The van der Waals surface area contributed by atoms with E-state index in [0.29, 0.717) is 13.0 Å². The molecule has 0 atom stereocenters. The lowest BCUT2D eigenvalue weighted by Crippen LogP contribution is -2.26. The minimum Gasteiger partial charge on any atom is -0.464 e. The summed E-state index contributed by atoms with van der Waals surface area (Å²) in [6.45, 7) is 5.55. The molecule has 0 aliphatic heterocycles. The topological polar surface area (TPSA) is 60.1 Å². The van der Waals surface area contributed by atoms with Crippen LogP contribution in [0, 0.1) is 13.8 Å². The highest BCUT2D eigenvalue weighted by Crippen LogP contribution is 2.26. The van der Waals surface area contributed by atoms with E-state index in [9.17, 15) is 4.79 Å². The molecule has 0 aliphatic rings. The average Bonchev–Trinajstić information content (AvgIpc) is 3.18. The molecule has 3 aromatic rings. The Bertz CT molecular complexity index is 803. The van der Waals surface area contributed by atoms with Crippen molar-refractivity contribution in [1.82, 2.24) is 15.1 Å². The summed E-state index contributed by atoms with van der Waals surface area (Å²) in [5.74, 6) is 0.0198. The van der Waals surface area contributed by atoms with E-state index < -0.39 is 0 Å². The Balaban J connectivity index is 1.55. The number of furan rings is 1. The fourth-order valence-corrected chi connectivity index (χ4v) is 2.66. The van der Waals surface area contributed by atoms with Crippen LogP contribution in [0.5, 0.6) is 0 Å². The van der Waals surface area contributed by atoms with Crippen molar-refractivity contribution in [2.45, 2.75) is 33.2 Å². The molecule has 5 heteroatoms. The Morgan fingerprint density at radius 1 is 1.35 bits per heavy atom. The number of carbonyl (C=O) groups excluding carboxylic acids is 1. The molecule has 5 nitrogen and oxygen atoms in total. The van der Waals surface area contributed by atoms with Crippen molar-refractivity contribution in [3.8, 4) is 0 Å². The fraction of sp³-hybridized carbons (Fsp3) is 0.333. The van der Waals surface area contributed by atoms with Crippen LogP contribution in [0.3, 0.4) is 0 Å². The Morgan fingerprint density at radius 3 is 3.00 bits per heavy atom. The summed E-state index contributed by atoms with van der Waals surface area (Å²) in [7, 11) is 0. The molecule has 0 saturated carbocycles. The molecule has 0 aliphatic carbocycles. The number of nitrogens with zero attached hydrogens (tertiary/aromatic N) is 2. The number of benzene rings is 1. The van der Waals surface area contributed by atoms with Crippen molar-refractivity contribution in [3.05, 3.63) is 53.5 Å². The zero-order valence-corrected chi connectivity index (χ0v) is 13.5. The van der Waals surface area contributed by atoms with Crippen molar-refractivity contribution >= 4 is 16.9 Å². The van der Waals surface area contributed by atoms with Gasteiger partial charge in [0.05, 0.1) is 12.7 Å². The maximum Gasteiger partial charge on any atom is 0.224 e. The number of nitrogens with one attached hydrogen (secondary N) is 1. The lowest BCUT2D eigenvalue weighted by atomic mass is 10.0. The maximum absolute atomic E-state index is 12.1. The number of amides is 1. The van der Waals surface area contributed by atoms with Gasteiger partial charge in [-0.1, -0.05) is 12.1 Å². The number of hydrogen-bond donors (Lipinski definition) is 1. The van der Waals surface area contributed by atoms with Crippen LogP contribution in [0.15, 0.2) is 41.3 Å². The van der Waals surface area contributed by atoms with Crippen LogP contribution in [-0.4, -0.2) is 22.2 Å². The third-order valence-corrected chi connectivity index (χ3v) is 4.14. The second kappa shape index (κ2) is 6.69. The average molecular weight is 311 g/mol. The number of hydrogen-bond acceptors (Lipinski definition) is 3. The standard InChI is InChI=1S/C18H21N3O2/c1-13-5-6-16-15(12-23-18(16)14(13)2)11-17(22)19-7-3-9-21-10-4-8-20-21/h4-6,8,10,12H,3,7,9,11H2,1-2H3,(H,19,22). The van der Waals surface area contributed by atoms with Crippen molar-refractivity contribution in [2.75, 3.05) is 6.54 Å². The monoisotopic (exact) mass is 311 g/mol. The predicted molar refractivity (Wildman–Crippen MR) is 89.2 cm³/mol. The van der Waals surface area contributed by atoms with Crippen LogP contribution >= 0.6 is 0 Å². The molecule has 0 spiro atoms. The Hall–Kier alpha value is -2.56. The lowest BCUT2D eigenvalue weighted by Gasteiger charge is -2.05. The van der Waals surface area contributed by atoms with Gasteiger partial charge in [0, 0.05) is 36.4 Å². The van der Waals surface area contributed by atoms with Gasteiger partial charge >= 0.3 is 0 Å². The number of fused-ring (bicyclic) bond motifs is 1. The van der Waals surface area contributed by atoms with Gasteiger partial charge in [0.25, 0.3) is 0 Å². The van der Waals surface area contributed by atoms with Gasteiger partial charge in [0.1, 0.15) is 5.58 Å². The number of rotatable bonds is 6. The second-order valence-electron chi connectivity index (χ2n) is 5.79. The normalized spacial score (nSPS) is 11.0. The molecule has 0 radical (unpaired) electrons. The van der Waals surface area contributed by atoms with Crippen LogP contribution < -0.4 is 5.32 Å². The van der Waals surface area contributed by atoms with Gasteiger partial charge in [-0.25, -0.2) is 0 Å². The molecular formula is C18H21N3O2. The third-order valence-electron chi connectivity index (χ3n) is 4.14. The van der Waals surface area contributed by atoms with Gasteiger partial charge in [-0.2, -0.15) is 5.10 Å². The number of aromatic nitrogens is 2. The molecule has 1 aromatic carbocycles. The molecule has 0 saturated heterocycles. The fourth-order valence-electron chi connectivity index (χ4n) is 2.66. The van der Waals surface area contributed by atoms with E-state index in [0.717, 1.165) is 35.1 Å². The molecule has 3 rings (SSSR count). The molecule has 120 valence electrons. The number of carbonyl (C=O) groups is 1. The highest BCUT2D eigenvalue weighted by Gasteiger charge is 2.12. The highest BCUT2D eigenvalue weighted by molar-refractivity contribution is 5.89. The van der Waals surface area contributed by atoms with Crippen LogP contribution in [-0.2, 0) is 17.8 Å². The quantitative estimate of drug-likeness (QED) is 0.712. The van der Waals surface area contributed by atoms with Gasteiger partial charge in [-0.3, -0.25) is 9.48 Å². The summed E-state index contributed by atoms with van der Waals surface area (Å²) in [6, 6.07) is 5.99. The molecule has 23 heavy (non-hydrogen) atoms. The molecule has 1 amide bonds. The van der Waals surface area contributed by atoms with Crippen LogP contribution in [0.4, 0.5) is 0 Å². The molecule has 0 fully saturated rings. The molecule has 0 unspecified atom stereocenters. The highest BCUT2D eigenvalue weighted by atomic mass is 16.3. The minimum absolute atomic E-state index is 0.0198. The zero-order valence-electron chi connectivity index (χ0n) is 13.5. The third kappa shape index (κ3) is 3.44. The van der Waals surface area contributed by atoms with Gasteiger partial charge in [-0.15, -0.1) is 0 Å². The minimum atomic E-state index is 0.0198. The first-order valence-electron chi connectivity index (χ1n) is 7.85. The van der Waals surface area contributed by atoms with E-state index in [1.807, 2.05) is 29.9 Å². The summed E-state index contributed by atoms with van der Waals surface area (Å²) in [5.41, 5.74) is 4.15. The Morgan fingerprint density at radius 2 is 2.22 bits per heavy atom. The van der Waals surface area contributed by atoms with Crippen LogP contribution in [0.1, 0.15) is 23.1 Å². The smallest absolute Gasteiger partial charge is 0.224 e. The molecular weight excluding hydrogens is 290 g/mol. The first-order chi connectivity index (χ1) is 11.1. The Labute approximate surface area is 135 Å². The zero-order chi connectivity index (χ0) is 16.2. The van der Waals surface area contributed by atoms with Crippen molar-refractivity contribution < 1.29 is 9.21 Å². The van der Waals surface area contributed by atoms with E-state index in [1.165, 1.54) is 5.56 Å². The van der Waals surface area contributed by atoms with Gasteiger partial charge in [0.15, 0.2) is 0 Å². The van der Waals surface area contributed by atoms with E-state index in [4.69, 9.17) is 4.42 Å². The first kappa shape index (κ1) is 15.3. The van der Waals surface area contributed by atoms with E-state index in [2.05, 4.69) is 23.4 Å². The SMILES string of the molecule is Cc1ccc2c(CC(=O)NCCCn3cccn3)coc2c1C. The van der Waals surface area contributed by atoms with Gasteiger partial charge in [-0.05, 0) is 37.5 Å². The summed E-state index contributed by atoms with van der Waals surface area (Å²) < 4.78 is 7.51. The maximum atomic E-state index is 12.1. The molecule has 0 bridgehead atoms. The van der Waals surface area contributed by atoms with E-state index in [1.54, 1.807) is 12.5 Å². The first-order valence-corrected chi connectivity index (χ1v) is 7.85. The van der Waals surface area contributed by atoms with Crippen LogP contribution in [0.25, 0.3) is 11.0 Å². The predicted octanol–water partition coefficient (Wildman–Crippen LogP) is 3.00. The number of aryl methyl sites for hydroxylation is 3. The van der Waals surface area contributed by atoms with Crippen molar-refractivity contribution in [1.29, 1.82) is 0 Å². The summed E-state index contributed by atoms with van der Waals surface area (Å²) in [5, 5.41) is 8.11. The summed E-state index contributed by atoms with van der Waals surface area (Å²) in [6.07, 6.45) is 6.58. The van der Waals surface area contributed by atoms with Crippen molar-refractivity contribution in [3.63, 3.8) is 0 Å². The van der Waals surface area contributed by atoms with E-state index in [-0.39, 0.29) is 5.91 Å². The Kier molecular flexibility index (Phi) is 4.46. The largest absolute Gasteiger partial charge is 0.464 e. The van der Waals surface area contributed by atoms with E-state index >= 15 is 0 Å². The van der Waals surface area contributed by atoms with Gasteiger partial charge in [0.2, 0.25) is 5.91 Å². The van der Waals surface area contributed by atoms with Gasteiger partial charge < -0.3 is 9.73 Å². The van der Waals surface area contributed by atoms with Crippen LogP contribution in [0.2, 0.25) is 0 Å². The second-order valence-corrected chi connectivity index (χ2v) is 5.79. The molecule has 1 N–H and O–H groups in total. The summed E-state index contributed by atoms with van der Waals surface area (Å²) >= 11 is 0. The lowest BCUT2D eigenvalue weighted by molar-refractivity contribution is -0.120. The summed E-state index contributed by atoms with van der Waals surface area (Å²) in [4.78, 5) is 12.1. The molecule has 2 heterocycles. The van der Waals surface area contributed by atoms with Crippen molar-refractivity contribution in [2.24, 2.45) is 0 Å². The molecule has 2 aromatic heterocycles.